The Labute approximate surface area is 223 Å². The van der Waals surface area contributed by atoms with Crippen LogP contribution in [0.25, 0.3) is 0 Å². The van der Waals surface area contributed by atoms with Crippen LogP contribution in [0.5, 0.6) is 0 Å². The van der Waals surface area contributed by atoms with Gasteiger partial charge in [0.25, 0.3) is 5.91 Å². The molecule has 9 nitrogen and oxygen atoms in total. The van der Waals surface area contributed by atoms with Gasteiger partial charge in [0.1, 0.15) is 11.9 Å². The van der Waals surface area contributed by atoms with Crippen LogP contribution in [-0.2, 0) is 11.0 Å². The summed E-state index contributed by atoms with van der Waals surface area (Å²) in [7, 11) is 3.89. The second-order valence-electron chi connectivity index (χ2n) is 10.2. The average molecular weight is 553 g/mol. The van der Waals surface area contributed by atoms with Crippen molar-refractivity contribution < 1.29 is 27.2 Å². The molecule has 0 radical (unpaired) electrons. The van der Waals surface area contributed by atoms with Gasteiger partial charge in [-0.15, -0.1) is 0 Å². The molecule has 39 heavy (non-hydrogen) atoms. The highest BCUT2D eigenvalue weighted by Crippen LogP contribution is 2.34. The van der Waals surface area contributed by atoms with Gasteiger partial charge in [-0.3, -0.25) is 19.3 Å². The van der Waals surface area contributed by atoms with Gasteiger partial charge >= 0.3 is 6.18 Å². The van der Waals surface area contributed by atoms with Gasteiger partial charge in [-0.05, 0) is 46.1 Å². The second-order valence-corrected chi connectivity index (χ2v) is 10.2. The molecule has 2 aromatic rings. The van der Waals surface area contributed by atoms with Gasteiger partial charge in [0.05, 0.1) is 16.8 Å². The molecule has 0 spiro atoms. The van der Waals surface area contributed by atoms with Crippen molar-refractivity contribution >= 4 is 23.2 Å². The number of rotatable bonds is 4. The monoisotopic (exact) mass is 552 g/mol. The number of hydrogen-bond acceptors (Lipinski definition) is 6. The van der Waals surface area contributed by atoms with Gasteiger partial charge in [0.2, 0.25) is 11.5 Å². The van der Waals surface area contributed by atoms with Crippen molar-refractivity contribution in [3.05, 3.63) is 57.8 Å². The Morgan fingerprint density at radius 3 is 2.36 bits per heavy atom. The van der Waals surface area contributed by atoms with E-state index in [1.54, 1.807) is 9.80 Å². The molecule has 2 aliphatic heterocycles. The number of benzene rings is 1. The summed E-state index contributed by atoms with van der Waals surface area (Å²) in [4.78, 5) is 47.7. The summed E-state index contributed by atoms with van der Waals surface area (Å²) in [6.45, 7) is 6.71. The van der Waals surface area contributed by atoms with E-state index in [1.165, 1.54) is 12.1 Å². The lowest BCUT2D eigenvalue weighted by molar-refractivity contribution is -0.138. The zero-order valence-electron chi connectivity index (χ0n) is 22.2. The first-order chi connectivity index (χ1) is 18.3. The highest BCUT2D eigenvalue weighted by molar-refractivity contribution is 6.05. The number of anilines is 2. The number of amides is 2. The van der Waals surface area contributed by atoms with E-state index in [2.05, 4.69) is 20.1 Å². The Hall–Kier alpha value is -3.45. The maximum atomic E-state index is 15.3. The van der Waals surface area contributed by atoms with Crippen molar-refractivity contribution in [3.8, 4) is 0 Å². The van der Waals surface area contributed by atoms with Crippen LogP contribution in [0.3, 0.4) is 0 Å². The number of H-pyrrole nitrogens is 1. The summed E-state index contributed by atoms with van der Waals surface area (Å²) < 4.78 is 55.6. The number of aromatic amines is 1. The van der Waals surface area contributed by atoms with Crippen molar-refractivity contribution in [1.29, 1.82) is 0 Å². The summed E-state index contributed by atoms with van der Waals surface area (Å²) in [5, 5.41) is 2.37. The Balaban J connectivity index is 1.66. The summed E-state index contributed by atoms with van der Waals surface area (Å²) in [6, 6.07) is 2.95. The van der Waals surface area contributed by atoms with Crippen LogP contribution in [0.1, 0.15) is 29.8 Å². The molecular weight excluding hydrogens is 520 g/mol. The number of hydrogen-bond donors (Lipinski definition) is 2. The number of carbonyl (C=O) groups excluding carboxylic acids is 2. The Bertz CT molecular complexity index is 1290. The van der Waals surface area contributed by atoms with E-state index in [0.717, 1.165) is 19.2 Å². The predicted octanol–water partition coefficient (Wildman–Crippen LogP) is 2.46. The van der Waals surface area contributed by atoms with E-state index >= 15 is 4.39 Å². The number of carbonyl (C=O) groups is 2. The summed E-state index contributed by atoms with van der Waals surface area (Å²) in [6.07, 6.45) is -4.24. The van der Waals surface area contributed by atoms with E-state index in [0.29, 0.717) is 31.9 Å². The number of alkyl halides is 3. The molecule has 3 atom stereocenters. The molecule has 13 heteroatoms. The molecule has 1 aromatic carbocycles. The zero-order valence-corrected chi connectivity index (χ0v) is 22.2. The number of nitrogens with zero attached hydrogens (tertiary/aromatic N) is 4. The average Bonchev–Trinajstić information content (AvgIpc) is 2.87. The SMILES string of the molecule is CC1CN(c2cc(NC(=O)c3c[nH]c(=O)cc3C(F)(F)F)ccc2F)C(C(=O)N2CCN(C)CC2)C(C)N1C. The lowest BCUT2D eigenvalue weighted by atomic mass is 9.97. The molecule has 4 rings (SSSR count). The summed E-state index contributed by atoms with van der Waals surface area (Å²) in [5.41, 5.74) is -3.06. The zero-order chi connectivity index (χ0) is 28.6. The minimum atomic E-state index is -4.93. The first-order valence-corrected chi connectivity index (χ1v) is 12.6. The summed E-state index contributed by atoms with van der Waals surface area (Å²) >= 11 is 0. The Morgan fingerprint density at radius 1 is 1.05 bits per heavy atom. The first kappa shape index (κ1) is 28.6. The second kappa shape index (κ2) is 11.0. The van der Waals surface area contributed by atoms with Gasteiger partial charge in [-0.1, -0.05) is 0 Å². The predicted molar refractivity (Wildman–Crippen MR) is 138 cm³/mol. The fourth-order valence-electron chi connectivity index (χ4n) is 5.12. The number of aromatic nitrogens is 1. The number of pyridine rings is 1. The van der Waals surface area contributed by atoms with Crippen molar-refractivity contribution in [1.82, 2.24) is 19.7 Å². The van der Waals surface area contributed by atoms with Gasteiger partial charge in [0.15, 0.2) is 0 Å². The van der Waals surface area contributed by atoms with E-state index < -0.39 is 40.6 Å². The number of nitrogens with one attached hydrogen (secondary N) is 2. The van der Waals surface area contributed by atoms with Crippen LogP contribution in [0.15, 0.2) is 35.3 Å². The number of halogens is 4. The van der Waals surface area contributed by atoms with Gasteiger partial charge in [-0.25, -0.2) is 4.39 Å². The van der Waals surface area contributed by atoms with Gasteiger partial charge < -0.3 is 25.0 Å². The molecule has 2 amide bonds. The van der Waals surface area contributed by atoms with E-state index in [-0.39, 0.29) is 29.4 Å². The molecule has 212 valence electrons. The third kappa shape index (κ3) is 5.93. The largest absolute Gasteiger partial charge is 0.417 e. The molecule has 0 saturated carbocycles. The van der Waals surface area contributed by atoms with Crippen LogP contribution < -0.4 is 15.8 Å². The van der Waals surface area contributed by atoms with Crippen molar-refractivity contribution in [2.24, 2.45) is 0 Å². The third-order valence-corrected chi connectivity index (χ3v) is 7.65. The normalized spacial score (nSPS) is 23.1. The Kier molecular flexibility index (Phi) is 8.03. The smallest absolute Gasteiger partial charge is 0.354 e. The van der Waals surface area contributed by atoms with Crippen LogP contribution >= 0.6 is 0 Å². The topological polar surface area (TPSA) is 92.0 Å². The fraction of sp³-hybridized carbons (Fsp3) is 0.500. The molecule has 1 aromatic heterocycles. The standard InChI is InChI=1S/C26H32F4N6O3/c1-15-14-36(23(16(2)34(15)4)25(39)35-9-7-33(3)8-10-35)21-11-17(5-6-20(21)27)32-24(38)18-13-31-22(37)12-19(18)26(28,29)30/h5-6,11-13,15-16,23H,7-10,14H2,1-4H3,(H,31,37)(H,32,38). The molecule has 2 N–H and O–H groups in total. The highest BCUT2D eigenvalue weighted by Gasteiger charge is 2.43. The maximum absolute atomic E-state index is 15.3. The van der Waals surface area contributed by atoms with Crippen LogP contribution in [0.4, 0.5) is 28.9 Å². The van der Waals surface area contributed by atoms with E-state index in [1.807, 2.05) is 27.9 Å². The third-order valence-electron chi connectivity index (χ3n) is 7.65. The van der Waals surface area contributed by atoms with Crippen molar-refractivity contribution in [2.45, 2.75) is 38.1 Å². The molecular formula is C26H32F4N6O3. The first-order valence-electron chi connectivity index (χ1n) is 12.6. The van der Waals surface area contributed by atoms with E-state index in [9.17, 15) is 27.6 Å². The maximum Gasteiger partial charge on any atom is 0.417 e. The molecule has 2 saturated heterocycles. The lowest BCUT2D eigenvalue weighted by Crippen LogP contribution is -2.67. The quantitative estimate of drug-likeness (QED) is 0.567. The van der Waals surface area contributed by atoms with Gasteiger partial charge in [-0.2, -0.15) is 13.2 Å². The molecule has 2 aliphatic rings. The minimum absolute atomic E-state index is 0.0373. The molecule has 0 bridgehead atoms. The van der Waals surface area contributed by atoms with Crippen LogP contribution in [0, 0.1) is 5.82 Å². The van der Waals surface area contributed by atoms with E-state index in [4.69, 9.17) is 0 Å². The summed E-state index contributed by atoms with van der Waals surface area (Å²) in [5.74, 6) is -1.89. The van der Waals surface area contributed by atoms with Crippen molar-refractivity contribution in [2.75, 3.05) is 57.0 Å². The van der Waals surface area contributed by atoms with Crippen molar-refractivity contribution in [3.63, 3.8) is 0 Å². The number of piperazine rings is 2. The minimum Gasteiger partial charge on any atom is -0.354 e. The fourth-order valence-corrected chi connectivity index (χ4v) is 5.12. The molecule has 3 unspecified atom stereocenters. The lowest BCUT2D eigenvalue weighted by Gasteiger charge is -2.50. The van der Waals surface area contributed by atoms with Crippen LogP contribution in [-0.4, -0.2) is 96.4 Å². The Morgan fingerprint density at radius 2 is 1.72 bits per heavy atom. The van der Waals surface area contributed by atoms with Gasteiger partial charge in [0, 0.05) is 62.8 Å². The molecule has 0 aliphatic carbocycles. The molecule has 2 fully saturated rings. The molecule has 3 heterocycles. The highest BCUT2D eigenvalue weighted by atomic mass is 19.4. The van der Waals surface area contributed by atoms with Crippen LogP contribution in [0.2, 0.25) is 0 Å². The number of likely N-dealkylation sites (N-methyl/N-ethyl adjacent to an activating group) is 2.